The van der Waals surface area contributed by atoms with Gasteiger partial charge >= 0.3 is 0 Å². The van der Waals surface area contributed by atoms with E-state index in [1.807, 2.05) is 43.3 Å². The second-order valence-electron chi connectivity index (χ2n) is 6.37. The number of anilines is 1. The van der Waals surface area contributed by atoms with Gasteiger partial charge in [0.05, 0.1) is 12.1 Å². The lowest BCUT2D eigenvalue weighted by molar-refractivity contribution is -0.140. The van der Waals surface area contributed by atoms with Crippen LogP contribution in [0.2, 0.25) is 0 Å². The van der Waals surface area contributed by atoms with E-state index >= 15 is 0 Å². The van der Waals surface area contributed by atoms with E-state index in [1.165, 1.54) is 6.08 Å². The Balaban J connectivity index is 1.88. The van der Waals surface area contributed by atoms with E-state index in [0.29, 0.717) is 17.8 Å². The predicted molar refractivity (Wildman–Crippen MR) is 106 cm³/mol. The quantitative estimate of drug-likeness (QED) is 0.726. The van der Waals surface area contributed by atoms with Gasteiger partial charge in [0.1, 0.15) is 0 Å². The summed E-state index contributed by atoms with van der Waals surface area (Å²) in [5, 5.41) is 11.1. The van der Waals surface area contributed by atoms with Gasteiger partial charge in [0, 0.05) is 16.6 Å². The number of fused-ring (bicyclic) bond motifs is 1. The first-order chi connectivity index (χ1) is 12.5. The minimum atomic E-state index is -1.83. The van der Waals surface area contributed by atoms with Gasteiger partial charge in [-0.1, -0.05) is 59.3 Å². The van der Waals surface area contributed by atoms with E-state index in [0.717, 1.165) is 16.5 Å². The Labute approximate surface area is 161 Å². The van der Waals surface area contributed by atoms with Crippen LogP contribution >= 0.6 is 15.9 Å². The maximum Gasteiger partial charge on any atom is 0.264 e. The van der Waals surface area contributed by atoms with Gasteiger partial charge in [-0.15, -0.1) is 0 Å². The molecule has 1 heterocycles. The van der Waals surface area contributed by atoms with Crippen molar-refractivity contribution in [3.63, 3.8) is 0 Å². The van der Waals surface area contributed by atoms with E-state index in [-0.39, 0.29) is 12.2 Å². The highest BCUT2D eigenvalue weighted by Crippen LogP contribution is 2.43. The summed E-state index contributed by atoms with van der Waals surface area (Å²) in [6.07, 6.45) is 3.59. The Morgan fingerprint density at radius 2 is 1.96 bits per heavy atom. The van der Waals surface area contributed by atoms with Crippen LogP contribution in [0.4, 0.5) is 5.69 Å². The van der Waals surface area contributed by atoms with E-state index in [2.05, 4.69) is 15.9 Å². The van der Waals surface area contributed by atoms with Gasteiger partial charge in [0.25, 0.3) is 5.91 Å². The summed E-state index contributed by atoms with van der Waals surface area (Å²) in [6, 6.07) is 14.8. The SMILES string of the molecule is CCCN1C(=O)[C@@](O)(CC(=O)/C=C\c2ccccc2)c2cc(Br)ccc21. The molecule has 134 valence electrons. The number of allylic oxidation sites excluding steroid dienone is 1. The van der Waals surface area contributed by atoms with Crippen LogP contribution in [0.25, 0.3) is 6.08 Å². The van der Waals surface area contributed by atoms with E-state index < -0.39 is 11.5 Å². The van der Waals surface area contributed by atoms with Crippen molar-refractivity contribution in [2.75, 3.05) is 11.4 Å². The van der Waals surface area contributed by atoms with Gasteiger partial charge in [0.15, 0.2) is 11.4 Å². The molecule has 0 aromatic heterocycles. The van der Waals surface area contributed by atoms with Gasteiger partial charge in [-0.25, -0.2) is 0 Å². The molecular weight excluding hydrogens is 394 g/mol. The molecule has 3 rings (SSSR count). The van der Waals surface area contributed by atoms with Crippen LogP contribution in [-0.2, 0) is 15.2 Å². The summed E-state index contributed by atoms with van der Waals surface area (Å²) in [5.74, 6) is -0.733. The average molecular weight is 414 g/mol. The molecule has 1 atom stereocenters. The van der Waals surface area contributed by atoms with Crippen LogP contribution in [0, 0.1) is 0 Å². The summed E-state index contributed by atoms with van der Waals surface area (Å²) in [7, 11) is 0. The van der Waals surface area contributed by atoms with Crippen LogP contribution in [0.1, 0.15) is 30.9 Å². The Bertz CT molecular complexity index is 863. The number of hydrogen-bond donors (Lipinski definition) is 1. The molecule has 0 unspecified atom stereocenters. The summed E-state index contributed by atoms with van der Waals surface area (Å²) >= 11 is 3.38. The molecule has 1 aliphatic rings. The Hall–Kier alpha value is -2.24. The molecule has 0 bridgehead atoms. The minimum Gasteiger partial charge on any atom is -0.375 e. The van der Waals surface area contributed by atoms with Crippen LogP contribution in [-0.4, -0.2) is 23.3 Å². The van der Waals surface area contributed by atoms with Crippen molar-refractivity contribution in [3.05, 3.63) is 70.2 Å². The van der Waals surface area contributed by atoms with Gasteiger partial charge in [0.2, 0.25) is 0 Å². The zero-order valence-electron chi connectivity index (χ0n) is 14.5. The molecule has 0 saturated carbocycles. The van der Waals surface area contributed by atoms with Crippen molar-refractivity contribution in [1.29, 1.82) is 0 Å². The second kappa shape index (κ2) is 7.56. The normalized spacial score (nSPS) is 19.2. The first-order valence-corrected chi connectivity index (χ1v) is 9.35. The molecule has 4 nitrogen and oxygen atoms in total. The summed E-state index contributed by atoms with van der Waals surface area (Å²) < 4.78 is 0.758. The molecule has 0 fully saturated rings. The average Bonchev–Trinajstić information content (AvgIpc) is 2.83. The first kappa shape index (κ1) is 18.5. The standard InChI is InChI=1S/C21H20BrNO3/c1-2-12-23-19-11-9-16(22)13-18(19)21(26,20(23)25)14-17(24)10-8-15-6-4-3-5-7-15/h3-11,13,26H,2,12,14H2,1H3/b10-8-/t21-/m1/s1. The molecule has 2 aromatic rings. The van der Waals surface area contributed by atoms with Gasteiger partial charge < -0.3 is 10.0 Å². The van der Waals surface area contributed by atoms with Crippen LogP contribution in [0.15, 0.2) is 59.1 Å². The molecule has 5 heteroatoms. The number of nitrogens with zero attached hydrogens (tertiary/aromatic N) is 1. The Morgan fingerprint density at radius 1 is 1.23 bits per heavy atom. The highest BCUT2D eigenvalue weighted by molar-refractivity contribution is 9.10. The first-order valence-electron chi connectivity index (χ1n) is 8.56. The summed E-state index contributed by atoms with van der Waals surface area (Å²) in [5.41, 5.74) is 0.211. The fraction of sp³-hybridized carbons (Fsp3) is 0.238. The summed E-state index contributed by atoms with van der Waals surface area (Å²) in [6.45, 7) is 2.47. The molecule has 0 aliphatic carbocycles. The lowest BCUT2D eigenvalue weighted by Crippen LogP contribution is -2.41. The lowest BCUT2D eigenvalue weighted by Gasteiger charge is -2.22. The van der Waals surface area contributed by atoms with Crippen LogP contribution in [0.3, 0.4) is 0 Å². The molecule has 26 heavy (non-hydrogen) atoms. The second-order valence-corrected chi connectivity index (χ2v) is 7.28. The lowest BCUT2D eigenvalue weighted by atomic mass is 9.89. The smallest absolute Gasteiger partial charge is 0.264 e. The van der Waals surface area contributed by atoms with E-state index in [4.69, 9.17) is 0 Å². The largest absolute Gasteiger partial charge is 0.375 e. The summed E-state index contributed by atoms with van der Waals surface area (Å²) in [4.78, 5) is 26.9. The number of amides is 1. The van der Waals surface area contributed by atoms with Gasteiger partial charge in [-0.05, 0) is 36.3 Å². The van der Waals surface area contributed by atoms with Crippen molar-refractivity contribution in [2.45, 2.75) is 25.4 Å². The molecule has 1 aliphatic heterocycles. The van der Waals surface area contributed by atoms with Crippen molar-refractivity contribution in [2.24, 2.45) is 0 Å². The molecule has 0 radical (unpaired) electrons. The molecule has 1 amide bonds. The third-order valence-electron chi connectivity index (χ3n) is 4.43. The van der Waals surface area contributed by atoms with E-state index in [1.54, 1.807) is 23.1 Å². The number of hydrogen-bond acceptors (Lipinski definition) is 3. The van der Waals surface area contributed by atoms with Crippen molar-refractivity contribution in [1.82, 2.24) is 0 Å². The molecular formula is C21H20BrNO3. The van der Waals surface area contributed by atoms with Crippen molar-refractivity contribution >= 4 is 39.4 Å². The third kappa shape index (κ3) is 3.50. The fourth-order valence-corrected chi connectivity index (χ4v) is 3.56. The van der Waals surface area contributed by atoms with Crippen LogP contribution < -0.4 is 4.90 Å². The predicted octanol–water partition coefficient (Wildman–Crippen LogP) is 4.07. The van der Waals surface area contributed by atoms with Gasteiger partial charge in [-0.2, -0.15) is 0 Å². The molecule has 2 aromatic carbocycles. The molecule has 1 N–H and O–H groups in total. The zero-order chi connectivity index (χ0) is 18.7. The topological polar surface area (TPSA) is 57.6 Å². The van der Waals surface area contributed by atoms with Crippen LogP contribution in [0.5, 0.6) is 0 Å². The molecule has 0 spiro atoms. The number of benzene rings is 2. The monoisotopic (exact) mass is 413 g/mol. The fourth-order valence-electron chi connectivity index (χ4n) is 3.20. The zero-order valence-corrected chi connectivity index (χ0v) is 16.1. The maximum atomic E-state index is 12.9. The minimum absolute atomic E-state index is 0.279. The Morgan fingerprint density at radius 3 is 2.65 bits per heavy atom. The van der Waals surface area contributed by atoms with E-state index in [9.17, 15) is 14.7 Å². The number of ketones is 1. The number of carbonyl (C=O) groups is 2. The number of carbonyl (C=O) groups excluding carboxylic acids is 2. The van der Waals surface area contributed by atoms with Gasteiger partial charge in [-0.3, -0.25) is 9.59 Å². The highest BCUT2D eigenvalue weighted by atomic mass is 79.9. The molecule has 0 saturated heterocycles. The maximum absolute atomic E-state index is 12.9. The van der Waals surface area contributed by atoms with Crippen molar-refractivity contribution < 1.29 is 14.7 Å². The number of aliphatic hydroxyl groups is 1. The highest BCUT2D eigenvalue weighted by Gasteiger charge is 2.50. The number of rotatable bonds is 6. The third-order valence-corrected chi connectivity index (χ3v) is 4.93. The van der Waals surface area contributed by atoms with Crippen molar-refractivity contribution in [3.8, 4) is 0 Å². The number of halogens is 1. The Kier molecular flexibility index (Phi) is 5.39.